The molecule has 1 heterocycles. The number of hydrogen-bond donors (Lipinski definition) is 0. The predicted octanol–water partition coefficient (Wildman–Crippen LogP) is 0.987. The topological polar surface area (TPSA) is 62.0 Å². The zero-order valence-corrected chi connectivity index (χ0v) is 9.90. The molecule has 0 bridgehead atoms. The van der Waals surface area contributed by atoms with Gasteiger partial charge in [0.15, 0.2) is 0 Å². The van der Waals surface area contributed by atoms with Crippen LogP contribution in [0.3, 0.4) is 0 Å². The van der Waals surface area contributed by atoms with E-state index in [1.807, 2.05) is 27.1 Å². The second-order valence-electron chi connectivity index (χ2n) is 3.79. The lowest BCUT2D eigenvalue weighted by molar-refractivity contribution is 0.263. The van der Waals surface area contributed by atoms with Crippen molar-refractivity contribution in [3.05, 3.63) is 17.5 Å². The van der Waals surface area contributed by atoms with Gasteiger partial charge in [0.25, 0.3) is 0 Å². The zero-order chi connectivity index (χ0) is 12.0. The first-order valence-corrected chi connectivity index (χ1v) is 5.15. The Hall–Kier alpha value is -1.67. The molecule has 0 spiro atoms. The molecule has 0 N–H and O–H groups in total. The van der Waals surface area contributed by atoms with Gasteiger partial charge in [0.2, 0.25) is 0 Å². The molecule has 0 atom stereocenters. The van der Waals surface area contributed by atoms with Gasteiger partial charge in [-0.1, -0.05) is 0 Å². The highest BCUT2D eigenvalue weighted by molar-refractivity contribution is 5.23. The summed E-state index contributed by atoms with van der Waals surface area (Å²) in [6.45, 7) is 3.33. The predicted molar refractivity (Wildman–Crippen MR) is 60.2 cm³/mol. The summed E-state index contributed by atoms with van der Waals surface area (Å²) in [5, 5.41) is 8.73. The van der Waals surface area contributed by atoms with Crippen LogP contribution in [0, 0.1) is 18.3 Å². The Morgan fingerprint density at radius 2 is 2.19 bits per heavy atom. The lowest BCUT2D eigenvalue weighted by Crippen LogP contribution is -2.16. The van der Waals surface area contributed by atoms with E-state index in [0.717, 1.165) is 18.7 Å². The summed E-state index contributed by atoms with van der Waals surface area (Å²) in [5.74, 6) is 0. The van der Waals surface area contributed by atoms with Crippen LogP contribution in [-0.4, -0.2) is 42.1 Å². The molecule has 0 radical (unpaired) electrons. The molecule has 5 heteroatoms. The van der Waals surface area contributed by atoms with E-state index < -0.39 is 0 Å². The maximum Gasteiger partial charge on any atom is 0.317 e. The summed E-state index contributed by atoms with van der Waals surface area (Å²) in [5.41, 5.74) is 1.09. The Balaban J connectivity index is 2.48. The minimum atomic E-state index is 0.287. The molecule has 86 valence electrons. The van der Waals surface area contributed by atoms with E-state index in [0.29, 0.717) is 12.3 Å². The molecular weight excluding hydrogens is 204 g/mol. The van der Waals surface area contributed by atoms with Crippen LogP contribution in [0.25, 0.3) is 0 Å². The fourth-order valence-corrected chi connectivity index (χ4v) is 1.21. The highest BCUT2D eigenvalue weighted by Crippen LogP contribution is 2.06. The summed E-state index contributed by atoms with van der Waals surface area (Å²) in [4.78, 5) is 10.1. The molecule has 0 aliphatic heterocycles. The number of nitrogens with zero attached hydrogens (tertiary/aromatic N) is 4. The average molecular weight is 220 g/mol. The normalized spacial score (nSPS) is 10.2. The fraction of sp³-hybridized carbons (Fsp3) is 0.545. The van der Waals surface area contributed by atoms with Crippen LogP contribution >= 0.6 is 0 Å². The Kier molecular flexibility index (Phi) is 4.67. The smallest absolute Gasteiger partial charge is 0.317 e. The van der Waals surface area contributed by atoms with E-state index in [4.69, 9.17) is 10.00 Å². The van der Waals surface area contributed by atoms with E-state index >= 15 is 0 Å². The van der Waals surface area contributed by atoms with Gasteiger partial charge in [-0.2, -0.15) is 10.2 Å². The van der Waals surface area contributed by atoms with Crippen molar-refractivity contribution in [2.45, 2.75) is 13.3 Å². The minimum absolute atomic E-state index is 0.287. The molecule has 0 aromatic carbocycles. The third-order valence-electron chi connectivity index (χ3n) is 1.93. The molecule has 1 aromatic rings. The monoisotopic (exact) mass is 220 g/mol. The number of aromatic nitrogens is 2. The molecule has 0 fully saturated rings. The summed E-state index contributed by atoms with van der Waals surface area (Å²) in [7, 11) is 4.02. The van der Waals surface area contributed by atoms with Gasteiger partial charge in [-0.25, -0.2) is 4.98 Å². The van der Waals surface area contributed by atoms with Gasteiger partial charge < -0.3 is 9.64 Å². The van der Waals surface area contributed by atoms with Gasteiger partial charge >= 0.3 is 6.01 Å². The molecule has 0 saturated heterocycles. The lowest BCUT2D eigenvalue weighted by atomic mass is 10.3. The second kappa shape index (κ2) is 6.03. The molecule has 0 amide bonds. The van der Waals surface area contributed by atoms with Gasteiger partial charge in [-0.05, 0) is 33.5 Å². The first kappa shape index (κ1) is 12.4. The molecule has 1 rings (SSSR count). The van der Waals surface area contributed by atoms with Crippen LogP contribution in [-0.2, 0) is 0 Å². The van der Waals surface area contributed by atoms with Gasteiger partial charge in [-0.3, -0.25) is 0 Å². The van der Waals surface area contributed by atoms with E-state index in [-0.39, 0.29) is 6.01 Å². The molecular formula is C11H16N4O. The van der Waals surface area contributed by atoms with Crippen molar-refractivity contribution in [1.29, 1.82) is 5.26 Å². The highest BCUT2D eigenvalue weighted by atomic mass is 16.5. The van der Waals surface area contributed by atoms with Gasteiger partial charge in [0.05, 0.1) is 6.61 Å². The van der Waals surface area contributed by atoms with Crippen molar-refractivity contribution in [2.75, 3.05) is 27.2 Å². The van der Waals surface area contributed by atoms with Crippen LogP contribution in [0.15, 0.2) is 6.07 Å². The standard InChI is InChI=1S/C11H16N4O/c1-9-7-10(8-12)14-11(13-9)16-6-4-5-15(2)3/h7H,4-6H2,1-3H3. The molecule has 5 nitrogen and oxygen atoms in total. The maximum absolute atomic E-state index is 8.73. The fourth-order valence-electron chi connectivity index (χ4n) is 1.21. The van der Waals surface area contributed by atoms with Crippen molar-refractivity contribution in [3.63, 3.8) is 0 Å². The third kappa shape index (κ3) is 4.24. The Morgan fingerprint density at radius 1 is 1.44 bits per heavy atom. The quantitative estimate of drug-likeness (QED) is 0.692. The average Bonchev–Trinajstić information content (AvgIpc) is 2.23. The summed E-state index contributed by atoms with van der Waals surface area (Å²) < 4.78 is 5.38. The molecule has 0 saturated carbocycles. The molecule has 16 heavy (non-hydrogen) atoms. The first-order valence-electron chi connectivity index (χ1n) is 5.15. The third-order valence-corrected chi connectivity index (χ3v) is 1.93. The van der Waals surface area contributed by atoms with E-state index in [1.54, 1.807) is 6.07 Å². The number of aryl methyl sites for hydroxylation is 1. The second-order valence-corrected chi connectivity index (χ2v) is 3.79. The van der Waals surface area contributed by atoms with Crippen molar-refractivity contribution >= 4 is 0 Å². The minimum Gasteiger partial charge on any atom is -0.463 e. The number of hydrogen-bond acceptors (Lipinski definition) is 5. The Morgan fingerprint density at radius 3 is 2.81 bits per heavy atom. The zero-order valence-electron chi connectivity index (χ0n) is 9.90. The Bertz CT molecular complexity index is 384. The van der Waals surface area contributed by atoms with Crippen molar-refractivity contribution in [2.24, 2.45) is 0 Å². The van der Waals surface area contributed by atoms with Crippen molar-refractivity contribution < 1.29 is 4.74 Å². The molecule has 0 unspecified atom stereocenters. The van der Waals surface area contributed by atoms with Crippen molar-refractivity contribution in [1.82, 2.24) is 14.9 Å². The highest BCUT2D eigenvalue weighted by Gasteiger charge is 2.02. The van der Waals surface area contributed by atoms with Crippen LogP contribution in [0.5, 0.6) is 6.01 Å². The number of rotatable bonds is 5. The number of ether oxygens (including phenoxy) is 1. The molecule has 0 aliphatic rings. The maximum atomic E-state index is 8.73. The molecule has 1 aromatic heterocycles. The van der Waals surface area contributed by atoms with Gasteiger partial charge in [-0.15, -0.1) is 0 Å². The Labute approximate surface area is 95.7 Å². The van der Waals surface area contributed by atoms with Crippen molar-refractivity contribution in [3.8, 4) is 12.1 Å². The summed E-state index contributed by atoms with van der Waals surface area (Å²) in [6.07, 6.45) is 0.909. The SMILES string of the molecule is Cc1cc(C#N)nc(OCCCN(C)C)n1. The van der Waals surface area contributed by atoms with E-state index in [1.165, 1.54) is 0 Å². The first-order chi connectivity index (χ1) is 7.61. The van der Waals surface area contributed by atoms with Gasteiger partial charge in [0, 0.05) is 12.2 Å². The van der Waals surface area contributed by atoms with Crippen LogP contribution in [0.2, 0.25) is 0 Å². The summed E-state index contributed by atoms with van der Waals surface area (Å²) in [6, 6.07) is 3.90. The van der Waals surface area contributed by atoms with E-state index in [2.05, 4.69) is 14.9 Å². The van der Waals surface area contributed by atoms with Crippen LogP contribution in [0.4, 0.5) is 0 Å². The molecule has 0 aliphatic carbocycles. The number of nitriles is 1. The van der Waals surface area contributed by atoms with E-state index in [9.17, 15) is 0 Å². The summed E-state index contributed by atoms with van der Waals surface area (Å²) >= 11 is 0. The van der Waals surface area contributed by atoms with Gasteiger partial charge in [0.1, 0.15) is 11.8 Å². The lowest BCUT2D eigenvalue weighted by Gasteiger charge is -2.09. The van der Waals surface area contributed by atoms with Crippen LogP contribution < -0.4 is 4.74 Å². The largest absolute Gasteiger partial charge is 0.463 e. The van der Waals surface area contributed by atoms with Crippen LogP contribution in [0.1, 0.15) is 17.8 Å².